The normalized spacial score (nSPS) is 11.6. The summed E-state index contributed by atoms with van der Waals surface area (Å²) in [5.41, 5.74) is 10.9. The van der Waals surface area contributed by atoms with Gasteiger partial charge in [0.15, 0.2) is 0 Å². The maximum absolute atomic E-state index is 5.35. The monoisotopic (exact) mass is 562 g/mol. The van der Waals surface area contributed by atoms with Crippen LogP contribution < -0.4 is 0 Å². The van der Waals surface area contributed by atoms with Crippen molar-refractivity contribution in [3.05, 3.63) is 158 Å². The first-order chi connectivity index (χ1) is 21.8. The summed E-state index contributed by atoms with van der Waals surface area (Å²) in [7, 11) is 0. The van der Waals surface area contributed by atoms with Crippen LogP contribution in [0.25, 0.3) is 77.8 Å². The SMILES string of the molecule is c1ccc(-c2ccc(-c3nc(-n4c5ccccc5c5c(-c6ccccc6)n6ccccc6c54)nc4ccccc34)cc2)cc1. The first-order valence-electron chi connectivity index (χ1n) is 14.9. The number of nitrogens with zero attached hydrogens (tertiary/aromatic N) is 4. The fourth-order valence-electron chi connectivity index (χ4n) is 6.60. The Morgan fingerprint density at radius 1 is 0.432 bits per heavy atom. The Morgan fingerprint density at radius 3 is 1.82 bits per heavy atom. The quantitative estimate of drug-likeness (QED) is 0.214. The van der Waals surface area contributed by atoms with Crippen LogP contribution in [-0.4, -0.2) is 18.9 Å². The van der Waals surface area contributed by atoms with Crippen molar-refractivity contribution in [3.8, 4) is 39.6 Å². The van der Waals surface area contributed by atoms with Crippen LogP contribution in [0.5, 0.6) is 0 Å². The van der Waals surface area contributed by atoms with E-state index in [1.807, 2.05) is 12.1 Å². The highest BCUT2D eigenvalue weighted by atomic mass is 15.2. The largest absolute Gasteiger partial charge is 0.314 e. The molecule has 0 aliphatic carbocycles. The predicted octanol–water partition coefficient (Wildman–Crippen LogP) is 9.98. The van der Waals surface area contributed by atoms with Crippen molar-refractivity contribution >= 4 is 38.2 Å². The van der Waals surface area contributed by atoms with Gasteiger partial charge in [0, 0.05) is 27.9 Å². The van der Waals surface area contributed by atoms with Gasteiger partial charge < -0.3 is 4.40 Å². The molecule has 0 aliphatic heterocycles. The maximum Gasteiger partial charge on any atom is 0.235 e. The Balaban J connectivity index is 1.35. The second kappa shape index (κ2) is 9.79. The first-order valence-corrected chi connectivity index (χ1v) is 14.9. The molecule has 0 N–H and O–H groups in total. The molecule has 4 heterocycles. The Morgan fingerprint density at radius 2 is 1.02 bits per heavy atom. The van der Waals surface area contributed by atoms with Gasteiger partial charge in [-0.3, -0.25) is 4.57 Å². The molecule has 0 amide bonds. The van der Waals surface area contributed by atoms with E-state index in [1.54, 1.807) is 0 Å². The standard InChI is InChI=1S/C40H26N4/c1-3-13-27(14-4-1)28-22-24-29(25-23-28)37-31-17-7-9-19-33(31)41-40(42-37)44-34-20-10-8-18-32(34)36-38(30-15-5-2-6-16-30)43-26-12-11-21-35(43)39(36)44/h1-26H. The number of hydrogen-bond donors (Lipinski definition) is 0. The molecule has 5 aromatic carbocycles. The summed E-state index contributed by atoms with van der Waals surface area (Å²) in [4.78, 5) is 10.5. The fraction of sp³-hybridized carbons (Fsp3) is 0. The topological polar surface area (TPSA) is 35.1 Å². The van der Waals surface area contributed by atoms with E-state index >= 15 is 0 Å². The van der Waals surface area contributed by atoms with Gasteiger partial charge in [-0.25, -0.2) is 9.97 Å². The van der Waals surface area contributed by atoms with Crippen molar-refractivity contribution in [2.45, 2.75) is 0 Å². The van der Waals surface area contributed by atoms with Gasteiger partial charge in [0.1, 0.15) is 0 Å². The van der Waals surface area contributed by atoms with E-state index < -0.39 is 0 Å². The second-order valence-corrected chi connectivity index (χ2v) is 11.1. The highest BCUT2D eigenvalue weighted by molar-refractivity contribution is 6.20. The molecular formula is C40H26N4. The molecule has 0 aliphatic rings. The molecule has 0 saturated carbocycles. The van der Waals surface area contributed by atoms with Crippen molar-refractivity contribution < 1.29 is 0 Å². The molecule has 0 unspecified atom stereocenters. The van der Waals surface area contributed by atoms with Crippen LogP contribution in [0.15, 0.2) is 158 Å². The lowest BCUT2D eigenvalue weighted by molar-refractivity contribution is 1.01. The number of fused-ring (bicyclic) bond motifs is 6. The predicted molar refractivity (Wildman–Crippen MR) is 181 cm³/mol. The van der Waals surface area contributed by atoms with Gasteiger partial charge in [-0.05, 0) is 41.0 Å². The molecule has 0 fully saturated rings. The minimum Gasteiger partial charge on any atom is -0.314 e. The Labute approximate surface area is 254 Å². The summed E-state index contributed by atoms with van der Waals surface area (Å²) >= 11 is 0. The van der Waals surface area contributed by atoms with Crippen molar-refractivity contribution in [2.75, 3.05) is 0 Å². The molecule has 0 atom stereocenters. The number of hydrogen-bond acceptors (Lipinski definition) is 2. The third kappa shape index (κ3) is 3.71. The van der Waals surface area contributed by atoms with Crippen LogP contribution in [0.1, 0.15) is 0 Å². The van der Waals surface area contributed by atoms with E-state index in [0.29, 0.717) is 5.95 Å². The summed E-state index contributed by atoms with van der Waals surface area (Å²) in [6.07, 6.45) is 2.15. The third-order valence-corrected chi connectivity index (χ3v) is 8.56. The molecule has 44 heavy (non-hydrogen) atoms. The van der Waals surface area contributed by atoms with Crippen LogP contribution in [-0.2, 0) is 0 Å². The Hall–Kier alpha value is -6.00. The van der Waals surface area contributed by atoms with Crippen LogP contribution >= 0.6 is 0 Å². The molecule has 9 rings (SSSR count). The summed E-state index contributed by atoms with van der Waals surface area (Å²) in [5.74, 6) is 0.660. The molecule has 206 valence electrons. The van der Waals surface area contributed by atoms with Gasteiger partial charge in [0.2, 0.25) is 5.95 Å². The van der Waals surface area contributed by atoms with Gasteiger partial charge in [-0.1, -0.05) is 127 Å². The summed E-state index contributed by atoms with van der Waals surface area (Å²) < 4.78 is 4.55. The molecule has 0 spiro atoms. The number of benzene rings is 5. The van der Waals surface area contributed by atoms with Gasteiger partial charge in [0.25, 0.3) is 0 Å². The van der Waals surface area contributed by atoms with Gasteiger partial charge in [-0.2, -0.15) is 0 Å². The zero-order valence-corrected chi connectivity index (χ0v) is 23.8. The van der Waals surface area contributed by atoms with E-state index in [2.05, 4.69) is 155 Å². The molecule has 0 saturated heterocycles. The van der Waals surface area contributed by atoms with E-state index in [0.717, 1.165) is 38.7 Å². The molecule has 9 aromatic rings. The van der Waals surface area contributed by atoms with Gasteiger partial charge in [-0.15, -0.1) is 0 Å². The molecule has 4 heteroatoms. The summed E-state index contributed by atoms with van der Waals surface area (Å²) in [5, 5.41) is 3.40. The fourth-order valence-corrected chi connectivity index (χ4v) is 6.60. The van der Waals surface area contributed by atoms with E-state index in [4.69, 9.17) is 9.97 Å². The van der Waals surface area contributed by atoms with E-state index in [-0.39, 0.29) is 0 Å². The van der Waals surface area contributed by atoms with Crippen molar-refractivity contribution in [3.63, 3.8) is 0 Å². The molecule has 4 aromatic heterocycles. The van der Waals surface area contributed by atoms with Crippen molar-refractivity contribution in [1.82, 2.24) is 18.9 Å². The summed E-state index contributed by atoms with van der Waals surface area (Å²) in [6, 6.07) is 53.1. The number of para-hydroxylation sites is 2. The van der Waals surface area contributed by atoms with Crippen LogP contribution in [0, 0.1) is 0 Å². The lowest BCUT2D eigenvalue weighted by Gasteiger charge is -2.12. The minimum atomic E-state index is 0.660. The minimum absolute atomic E-state index is 0.660. The smallest absolute Gasteiger partial charge is 0.235 e. The van der Waals surface area contributed by atoms with E-state index in [1.165, 1.54) is 33.2 Å². The lowest BCUT2D eigenvalue weighted by Crippen LogP contribution is -2.03. The average molecular weight is 563 g/mol. The second-order valence-electron chi connectivity index (χ2n) is 11.1. The molecule has 0 bridgehead atoms. The third-order valence-electron chi connectivity index (χ3n) is 8.56. The van der Waals surface area contributed by atoms with Crippen molar-refractivity contribution in [1.29, 1.82) is 0 Å². The number of pyridine rings is 1. The van der Waals surface area contributed by atoms with Crippen LogP contribution in [0.4, 0.5) is 0 Å². The number of rotatable bonds is 4. The first kappa shape index (κ1) is 24.6. The molecule has 0 radical (unpaired) electrons. The number of aromatic nitrogens is 4. The van der Waals surface area contributed by atoms with Gasteiger partial charge >= 0.3 is 0 Å². The van der Waals surface area contributed by atoms with Gasteiger partial charge in [0.05, 0.1) is 33.5 Å². The lowest BCUT2D eigenvalue weighted by atomic mass is 10.0. The zero-order chi connectivity index (χ0) is 29.0. The highest BCUT2D eigenvalue weighted by Crippen LogP contribution is 2.42. The molecule has 4 nitrogen and oxygen atoms in total. The summed E-state index contributed by atoms with van der Waals surface area (Å²) in [6.45, 7) is 0. The van der Waals surface area contributed by atoms with E-state index in [9.17, 15) is 0 Å². The van der Waals surface area contributed by atoms with Crippen molar-refractivity contribution in [2.24, 2.45) is 0 Å². The highest BCUT2D eigenvalue weighted by Gasteiger charge is 2.24. The Kier molecular flexibility index (Phi) is 5.47. The maximum atomic E-state index is 5.35. The van der Waals surface area contributed by atoms with Crippen LogP contribution in [0.2, 0.25) is 0 Å². The zero-order valence-electron chi connectivity index (χ0n) is 23.8. The van der Waals surface area contributed by atoms with Crippen LogP contribution in [0.3, 0.4) is 0 Å². The molecular weight excluding hydrogens is 536 g/mol. The average Bonchev–Trinajstić information content (AvgIpc) is 3.61. The Bertz CT molecular complexity index is 2460.